The first kappa shape index (κ1) is 13.7. The van der Waals surface area contributed by atoms with Gasteiger partial charge in [-0.3, -0.25) is 0 Å². The molecule has 2 aromatic carbocycles. The molecule has 15 heavy (non-hydrogen) atoms. The van der Waals surface area contributed by atoms with Crippen LogP contribution < -0.4 is 0 Å². The van der Waals surface area contributed by atoms with Crippen molar-refractivity contribution in [2.45, 2.75) is 0 Å². The topological polar surface area (TPSA) is 0 Å². The van der Waals surface area contributed by atoms with E-state index in [1.807, 2.05) is 60.7 Å². The average Bonchev–Trinajstić information content (AvgIpc) is 2.91. The summed E-state index contributed by atoms with van der Waals surface area (Å²) in [6, 6.07) is 16.0. The molecule has 0 nitrogen and oxygen atoms in total. The summed E-state index contributed by atoms with van der Waals surface area (Å²) < 4.78 is 0. The third-order valence-electron chi connectivity index (χ3n) is 1.88. The zero-order valence-electron chi connectivity index (χ0n) is 8.54. The fraction of sp³-hybridized carbons (Fsp3) is 0. The van der Waals surface area contributed by atoms with E-state index in [1.54, 1.807) is 0 Å². The quantitative estimate of drug-likeness (QED) is 0.546. The molecule has 0 radical (unpaired) electrons. The molecule has 0 atom stereocenters. The molecule has 2 aromatic rings. The predicted molar refractivity (Wildman–Crippen MR) is 64.3 cm³/mol. The molecule has 0 saturated heterocycles. The van der Waals surface area contributed by atoms with Crippen LogP contribution in [0.4, 0.5) is 0 Å². The van der Waals surface area contributed by atoms with Crippen LogP contribution in [0.2, 0.25) is 0 Å². The van der Waals surface area contributed by atoms with Gasteiger partial charge in [-0.15, -0.1) is 30.4 Å². The van der Waals surface area contributed by atoms with E-state index in [9.17, 15) is 0 Å². The Morgan fingerprint density at radius 1 is 1.07 bits per heavy atom. The maximum atomic E-state index is 3.66. The fourth-order valence-electron chi connectivity index (χ4n) is 1.14. The Kier molecular flexibility index (Phi) is 7.35. The summed E-state index contributed by atoms with van der Waals surface area (Å²) in [5.74, 6) is 0. The van der Waals surface area contributed by atoms with E-state index in [-0.39, 0.29) is 17.1 Å². The Bertz CT molecular complexity index is 326. The van der Waals surface area contributed by atoms with E-state index in [1.165, 1.54) is 0 Å². The van der Waals surface area contributed by atoms with E-state index in [2.05, 4.69) is 13.2 Å². The third-order valence-corrected chi connectivity index (χ3v) is 1.88. The molecule has 0 fully saturated rings. The zero-order valence-corrected chi connectivity index (χ0v) is 9.65. The van der Waals surface area contributed by atoms with Gasteiger partial charge < -0.3 is 30.3 Å². The summed E-state index contributed by atoms with van der Waals surface area (Å²) >= 11 is 0. The minimum atomic E-state index is 0. The van der Waals surface area contributed by atoms with Crippen molar-refractivity contribution in [3.63, 3.8) is 0 Å². The first-order chi connectivity index (χ1) is 6.88. The van der Waals surface area contributed by atoms with Crippen molar-refractivity contribution in [1.82, 2.24) is 0 Å². The molecule has 0 spiro atoms. The summed E-state index contributed by atoms with van der Waals surface area (Å²) in [6.45, 7) is 7.33. The molecule has 0 aliphatic rings. The summed E-state index contributed by atoms with van der Waals surface area (Å²) in [4.78, 5) is 0. The van der Waals surface area contributed by atoms with E-state index < -0.39 is 0 Å². The second-order valence-corrected chi connectivity index (χ2v) is 2.81. The molecule has 0 amide bonds. The van der Waals surface area contributed by atoms with Crippen LogP contribution in [0.3, 0.4) is 0 Å². The zero-order chi connectivity index (χ0) is 10.2. The molecule has 84 valence electrons. The van der Waals surface area contributed by atoms with Crippen molar-refractivity contribution in [3.05, 3.63) is 72.8 Å². The molecule has 0 N–H and O–H groups in total. The summed E-state index contributed by atoms with van der Waals surface area (Å²) in [6.07, 6.45) is 3.66. The van der Waals surface area contributed by atoms with Crippen molar-refractivity contribution in [2.75, 3.05) is 0 Å². The maximum Gasteiger partial charge on any atom is 0 e. The van der Waals surface area contributed by atoms with Gasteiger partial charge in [-0.1, -0.05) is 5.56 Å². The van der Waals surface area contributed by atoms with Gasteiger partial charge in [-0.2, -0.15) is 18.7 Å². The van der Waals surface area contributed by atoms with E-state index in [0.29, 0.717) is 0 Å². The molecule has 0 bridgehead atoms. The average molecular weight is 238 g/mol. The largest absolute Gasteiger partial charge is 0.748 e. The van der Waals surface area contributed by atoms with Crippen LogP contribution in [-0.2, 0) is 17.1 Å². The summed E-state index contributed by atoms with van der Waals surface area (Å²) in [5, 5.41) is 0. The van der Waals surface area contributed by atoms with Gasteiger partial charge in [-0.05, 0) is 0 Å². The monoisotopic (exact) mass is 238 g/mol. The Morgan fingerprint density at radius 3 is 1.93 bits per heavy atom. The molecule has 0 unspecified atom stereocenters. The van der Waals surface area contributed by atoms with Crippen molar-refractivity contribution < 1.29 is 17.1 Å². The first-order valence-electron chi connectivity index (χ1n) is 4.55. The van der Waals surface area contributed by atoms with E-state index in [0.717, 1.165) is 11.1 Å². The molecule has 0 saturated carbocycles. The SMILES string of the molecule is C=Cc1ccc[c-]1C=C.[Fe].[cH-]1[cH-][cH-][cH-][cH-]1. The Labute approximate surface area is 102 Å². The molecule has 0 aromatic heterocycles. The van der Waals surface area contributed by atoms with Gasteiger partial charge in [0.15, 0.2) is 0 Å². The van der Waals surface area contributed by atoms with Gasteiger partial charge in [0.25, 0.3) is 0 Å². The first-order valence-corrected chi connectivity index (χ1v) is 4.55. The molecular formula is C14H14Fe-6. The number of rotatable bonds is 2. The fourth-order valence-corrected chi connectivity index (χ4v) is 1.14. The standard InChI is InChI=1S/C9H9.C5H5.Fe/c1-3-8-6-5-7-9(8)4-2;1-2-4-5-3-1;/h3-7H,1-2H2;1-5H;/q-1;-5;. The van der Waals surface area contributed by atoms with Gasteiger partial charge in [-0.25, -0.2) is 0 Å². The predicted octanol–water partition coefficient (Wildman–Crippen LogP) is 4.09. The second-order valence-electron chi connectivity index (χ2n) is 2.81. The number of hydrogen-bond acceptors (Lipinski definition) is 0. The van der Waals surface area contributed by atoms with Crippen molar-refractivity contribution in [3.8, 4) is 0 Å². The van der Waals surface area contributed by atoms with Gasteiger partial charge in [0.2, 0.25) is 0 Å². The maximum absolute atomic E-state index is 3.66. The van der Waals surface area contributed by atoms with E-state index in [4.69, 9.17) is 0 Å². The number of hydrogen-bond donors (Lipinski definition) is 0. The minimum Gasteiger partial charge on any atom is -0.748 e. The molecule has 0 aliphatic heterocycles. The molecule has 0 heterocycles. The third kappa shape index (κ3) is 4.64. The Balaban J connectivity index is 0.000000280. The van der Waals surface area contributed by atoms with Gasteiger partial charge in [0.05, 0.1) is 0 Å². The van der Waals surface area contributed by atoms with E-state index >= 15 is 0 Å². The van der Waals surface area contributed by atoms with Crippen LogP contribution in [-0.4, -0.2) is 0 Å². The van der Waals surface area contributed by atoms with Crippen molar-refractivity contribution >= 4 is 12.2 Å². The summed E-state index contributed by atoms with van der Waals surface area (Å²) in [7, 11) is 0. The van der Waals surface area contributed by atoms with Crippen LogP contribution in [0.25, 0.3) is 12.2 Å². The Morgan fingerprint density at radius 2 is 1.60 bits per heavy atom. The molecule has 0 aliphatic carbocycles. The second kappa shape index (κ2) is 8.04. The van der Waals surface area contributed by atoms with Crippen LogP contribution >= 0.6 is 0 Å². The van der Waals surface area contributed by atoms with Crippen LogP contribution in [0, 0.1) is 0 Å². The molecule has 1 heteroatoms. The summed E-state index contributed by atoms with van der Waals surface area (Å²) in [5.41, 5.74) is 2.31. The smallest absolute Gasteiger partial charge is 0 e. The molecular weight excluding hydrogens is 224 g/mol. The van der Waals surface area contributed by atoms with Gasteiger partial charge in [0, 0.05) is 17.1 Å². The molecule has 2 rings (SSSR count). The van der Waals surface area contributed by atoms with Crippen LogP contribution in [0.1, 0.15) is 11.1 Å². The normalized spacial score (nSPS) is 8.00. The van der Waals surface area contributed by atoms with Crippen molar-refractivity contribution in [1.29, 1.82) is 0 Å². The van der Waals surface area contributed by atoms with Crippen LogP contribution in [0.5, 0.6) is 0 Å². The van der Waals surface area contributed by atoms with Gasteiger partial charge in [0.1, 0.15) is 0 Å². The van der Waals surface area contributed by atoms with Crippen molar-refractivity contribution in [2.24, 2.45) is 0 Å². The Hall–Kier alpha value is -1.30. The van der Waals surface area contributed by atoms with Crippen LogP contribution in [0.15, 0.2) is 61.7 Å². The minimum absolute atomic E-state index is 0. The van der Waals surface area contributed by atoms with Gasteiger partial charge >= 0.3 is 0 Å².